The van der Waals surface area contributed by atoms with Crippen LogP contribution in [0.25, 0.3) is 0 Å². The van der Waals surface area contributed by atoms with E-state index in [2.05, 4.69) is 6.58 Å². The number of rotatable bonds is 2. The molecule has 4 aliphatic rings. The Morgan fingerprint density at radius 1 is 1.39 bits per heavy atom. The fraction of sp³-hybridized carbons (Fsp3) is 0.545. The number of carbonyl (C=O) groups is 2. The van der Waals surface area contributed by atoms with E-state index < -0.39 is 45.8 Å². The fourth-order valence-corrected chi connectivity index (χ4v) is 6.68. The first-order valence-electron chi connectivity index (χ1n) is 9.48. The smallest absolute Gasteiger partial charge is 0.194 e. The third-order valence-corrected chi connectivity index (χ3v) is 8.79. The second-order valence-corrected chi connectivity index (χ2v) is 9.61. The summed E-state index contributed by atoms with van der Waals surface area (Å²) in [5.74, 6) is -1.73. The van der Waals surface area contributed by atoms with Crippen LogP contribution >= 0.6 is 11.6 Å². The summed E-state index contributed by atoms with van der Waals surface area (Å²) in [7, 11) is 0. The number of fused-ring (bicyclic) bond motifs is 5. The molecule has 2 fully saturated rings. The number of hydrogen-bond donors (Lipinski definition) is 2. The Labute approximate surface area is 168 Å². The molecule has 28 heavy (non-hydrogen) atoms. The van der Waals surface area contributed by atoms with E-state index in [1.54, 1.807) is 19.1 Å². The lowest BCUT2D eigenvalue weighted by molar-refractivity contribution is -0.159. The zero-order chi connectivity index (χ0) is 20.7. The van der Waals surface area contributed by atoms with E-state index in [4.69, 9.17) is 11.6 Å². The average Bonchev–Trinajstić information content (AvgIpc) is 2.84. The van der Waals surface area contributed by atoms with Gasteiger partial charge in [-0.15, -0.1) is 11.6 Å². The largest absolute Gasteiger partial charge is 0.388 e. The molecule has 0 radical (unpaired) electrons. The summed E-state index contributed by atoms with van der Waals surface area (Å²) < 4.78 is 15.9. The van der Waals surface area contributed by atoms with Crippen molar-refractivity contribution in [2.24, 2.45) is 22.7 Å². The summed E-state index contributed by atoms with van der Waals surface area (Å²) in [5.41, 5.74) is -3.07. The highest BCUT2D eigenvalue weighted by atomic mass is 35.5. The van der Waals surface area contributed by atoms with Gasteiger partial charge in [-0.2, -0.15) is 0 Å². The maximum absolute atomic E-state index is 15.9. The Hall–Kier alpha value is -1.56. The second-order valence-electron chi connectivity index (χ2n) is 8.99. The topological polar surface area (TPSA) is 74.6 Å². The van der Waals surface area contributed by atoms with Crippen LogP contribution in [0.4, 0.5) is 4.39 Å². The molecule has 0 aromatic carbocycles. The van der Waals surface area contributed by atoms with Gasteiger partial charge in [-0.3, -0.25) is 9.59 Å². The van der Waals surface area contributed by atoms with Crippen LogP contribution in [0.5, 0.6) is 0 Å². The summed E-state index contributed by atoms with van der Waals surface area (Å²) in [5, 5.41) is 20.7. The number of Topliss-reactive ketones (excluding diaryl/α,β-unsaturated/α-hetero) is 1. The van der Waals surface area contributed by atoms with Gasteiger partial charge < -0.3 is 10.2 Å². The summed E-state index contributed by atoms with van der Waals surface area (Å²) in [4.78, 5) is 23.0. The monoisotopic (exact) mass is 406 g/mol. The third kappa shape index (κ3) is 1.98. The Morgan fingerprint density at radius 2 is 2.07 bits per heavy atom. The lowest BCUT2D eigenvalue weighted by atomic mass is 9.47. The van der Waals surface area contributed by atoms with E-state index >= 15 is 4.39 Å². The van der Waals surface area contributed by atoms with Gasteiger partial charge in [0.05, 0.1) is 4.87 Å². The number of ketones is 2. The summed E-state index contributed by atoms with van der Waals surface area (Å²) in [6.07, 6.45) is 6.81. The first kappa shape index (κ1) is 19.7. The summed E-state index contributed by atoms with van der Waals surface area (Å²) in [6.45, 7) is 6.58. The Bertz CT molecular complexity index is 891. The molecule has 0 spiro atoms. The van der Waals surface area contributed by atoms with Gasteiger partial charge in [-0.05, 0) is 42.1 Å². The Balaban J connectivity index is 1.90. The first-order valence-corrected chi connectivity index (χ1v) is 9.86. The SMILES string of the molecule is C=C1C[C@H]2[C@@H]3C=CC4=CC(=O)C=C[C@]4(C)[C@@]3(Cl)C(F)C[C@]2(C)[C@@]1(O)C(=O)CO. The van der Waals surface area contributed by atoms with Crippen LogP contribution in [0.15, 0.2) is 48.1 Å². The van der Waals surface area contributed by atoms with Crippen LogP contribution in [-0.4, -0.2) is 45.0 Å². The van der Waals surface area contributed by atoms with Crippen LogP contribution < -0.4 is 0 Å². The molecule has 0 heterocycles. The summed E-state index contributed by atoms with van der Waals surface area (Å²) >= 11 is 7.10. The zero-order valence-corrected chi connectivity index (χ0v) is 16.7. The molecule has 0 aromatic rings. The molecular formula is C22H24ClFO4. The number of carbonyl (C=O) groups excluding carboxylic acids is 2. The van der Waals surface area contributed by atoms with Gasteiger partial charge in [0.25, 0.3) is 0 Å². The summed E-state index contributed by atoms with van der Waals surface area (Å²) in [6, 6.07) is 0. The molecule has 6 heteroatoms. The standard InChI is InChI=1S/C22H24ClFO4/c1-12-8-16-15-5-4-13-9-14(26)6-7-19(13,2)21(15,23)17(24)10-20(16,3)22(12,28)18(27)11-25/h4-7,9,15-17,25,28H,1,8,10-11H2,2-3H3/t15-,16-,17?,19-,20-,21-,22-/m0/s1. The van der Waals surface area contributed by atoms with Crippen molar-refractivity contribution >= 4 is 23.2 Å². The molecule has 1 unspecified atom stereocenters. The van der Waals surface area contributed by atoms with Crippen molar-refractivity contribution in [3.8, 4) is 0 Å². The highest BCUT2D eigenvalue weighted by Gasteiger charge is 2.73. The van der Waals surface area contributed by atoms with Crippen molar-refractivity contribution in [3.63, 3.8) is 0 Å². The van der Waals surface area contributed by atoms with E-state index in [9.17, 15) is 19.8 Å². The van der Waals surface area contributed by atoms with Gasteiger partial charge in [0.2, 0.25) is 0 Å². The normalized spacial score (nSPS) is 49.4. The molecule has 0 bridgehead atoms. The number of aliphatic hydroxyl groups excluding tert-OH is 1. The predicted octanol–water partition coefficient (Wildman–Crippen LogP) is 2.84. The molecule has 0 aromatic heterocycles. The fourth-order valence-electron chi connectivity index (χ4n) is 6.20. The van der Waals surface area contributed by atoms with Crippen LogP contribution in [-0.2, 0) is 9.59 Å². The molecule has 2 saturated carbocycles. The van der Waals surface area contributed by atoms with Gasteiger partial charge >= 0.3 is 0 Å². The lowest BCUT2D eigenvalue weighted by Gasteiger charge is -2.61. The molecule has 4 aliphatic carbocycles. The molecule has 0 saturated heterocycles. The van der Waals surface area contributed by atoms with E-state index in [1.807, 2.05) is 13.0 Å². The predicted molar refractivity (Wildman–Crippen MR) is 103 cm³/mol. The van der Waals surface area contributed by atoms with Crippen molar-refractivity contribution in [3.05, 3.63) is 48.1 Å². The number of alkyl halides is 2. The lowest BCUT2D eigenvalue weighted by Crippen LogP contribution is -2.67. The van der Waals surface area contributed by atoms with Crippen LogP contribution in [0.3, 0.4) is 0 Å². The molecule has 2 N–H and O–H groups in total. The second kappa shape index (κ2) is 5.74. The van der Waals surface area contributed by atoms with Crippen molar-refractivity contribution < 1.29 is 24.2 Å². The number of halogens is 2. The van der Waals surface area contributed by atoms with Gasteiger partial charge in [-0.25, -0.2) is 4.39 Å². The molecule has 0 amide bonds. The maximum atomic E-state index is 15.9. The van der Waals surface area contributed by atoms with Gasteiger partial charge in [0.15, 0.2) is 17.2 Å². The van der Waals surface area contributed by atoms with E-state index in [0.29, 0.717) is 17.6 Å². The van der Waals surface area contributed by atoms with E-state index in [0.717, 1.165) is 0 Å². The minimum Gasteiger partial charge on any atom is -0.388 e. The molecule has 7 atom stereocenters. The van der Waals surface area contributed by atoms with Gasteiger partial charge in [0.1, 0.15) is 12.8 Å². The van der Waals surface area contributed by atoms with Crippen LogP contribution in [0.1, 0.15) is 26.7 Å². The van der Waals surface area contributed by atoms with Crippen molar-refractivity contribution in [1.82, 2.24) is 0 Å². The minimum atomic E-state index is -1.99. The number of aliphatic hydroxyl groups is 2. The zero-order valence-electron chi connectivity index (χ0n) is 15.9. The Morgan fingerprint density at radius 3 is 2.71 bits per heavy atom. The Kier molecular flexibility index (Phi) is 4.05. The van der Waals surface area contributed by atoms with Gasteiger partial charge in [-0.1, -0.05) is 38.7 Å². The molecule has 4 nitrogen and oxygen atoms in total. The quantitative estimate of drug-likeness (QED) is 0.546. The number of allylic oxidation sites excluding steroid dienone is 6. The maximum Gasteiger partial charge on any atom is 0.194 e. The third-order valence-electron chi connectivity index (χ3n) is 7.91. The molecule has 150 valence electrons. The highest BCUT2D eigenvalue weighted by molar-refractivity contribution is 6.26. The average molecular weight is 407 g/mol. The van der Waals surface area contributed by atoms with E-state index in [-0.39, 0.29) is 18.1 Å². The van der Waals surface area contributed by atoms with Crippen LogP contribution in [0.2, 0.25) is 0 Å². The number of hydrogen-bond acceptors (Lipinski definition) is 4. The van der Waals surface area contributed by atoms with Crippen LogP contribution in [0, 0.1) is 22.7 Å². The molecular weight excluding hydrogens is 383 g/mol. The van der Waals surface area contributed by atoms with Gasteiger partial charge in [0, 0.05) is 16.7 Å². The van der Waals surface area contributed by atoms with Crippen molar-refractivity contribution in [2.75, 3.05) is 6.61 Å². The van der Waals surface area contributed by atoms with Crippen molar-refractivity contribution in [2.45, 2.75) is 43.3 Å². The van der Waals surface area contributed by atoms with E-state index in [1.165, 1.54) is 12.2 Å². The van der Waals surface area contributed by atoms with Crippen molar-refractivity contribution in [1.29, 1.82) is 0 Å². The molecule has 0 aliphatic heterocycles. The molecule has 4 rings (SSSR count). The highest BCUT2D eigenvalue weighted by Crippen LogP contribution is 2.70. The first-order chi connectivity index (χ1) is 13.0. The minimum absolute atomic E-state index is 0.141.